The highest BCUT2D eigenvalue weighted by Gasteiger charge is 2.40. The maximum absolute atomic E-state index is 11.2. The van der Waals surface area contributed by atoms with E-state index in [2.05, 4.69) is 12.1 Å². The minimum atomic E-state index is -0.346. The Kier molecular flexibility index (Phi) is 1.40. The highest BCUT2D eigenvalue weighted by atomic mass is 16.2. The monoisotopic (exact) mass is 181 g/mol. The molecule has 2 aliphatic rings. The Morgan fingerprint density at radius 1 is 1.14 bits per heavy atom. The average Bonchev–Trinajstić information content (AvgIpc) is 2.73. The van der Waals surface area contributed by atoms with Gasteiger partial charge in [-0.3, -0.25) is 4.79 Å². The number of amides is 1. The van der Waals surface area contributed by atoms with Crippen LogP contribution in [0.1, 0.15) is 23.2 Å². The van der Waals surface area contributed by atoms with Crippen LogP contribution in [0.2, 0.25) is 0 Å². The molecule has 0 saturated carbocycles. The lowest BCUT2D eigenvalue weighted by atomic mass is 9.97. The summed E-state index contributed by atoms with van der Waals surface area (Å²) in [6.07, 6.45) is 4.08. The molecule has 2 bridgehead atoms. The van der Waals surface area contributed by atoms with E-state index in [4.69, 9.17) is 7.85 Å². The number of fused-ring (bicyclic) bond motifs is 5. The Morgan fingerprint density at radius 2 is 1.64 bits per heavy atom. The first-order valence-corrected chi connectivity index (χ1v) is 4.64. The molecule has 2 nitrogen and oxygen atoms in total. The van der Waals surface area contributed by atoms with Gasteiger partial charge in [0.2, 0.25) is 7.85 Å². The van der Waals surface area contributed by atoms with Crippen molar-refractivity contribution in [2.45, 2.75) is 12.1 Å². The van der Waals surface area contributed by atoms with E-state index < -0.39 is 0 Å². The van der Waals surface area contributed by atoms with E-state index in [1.54, 1.807) is 4.90 Å². The molecule has 0 saturated heterocycles. The molecule has 3 heteroatoms. The predicted octanol–water partition coefficient (Wildman–Crippen LogP) is 1.94. The van der Waals surface area contributed by atoms with Gasteiger partial charge in [-0.25, -0.2) is 0 Å². The fourth-order valence-corrected chi connectivity index (χ4v) is 2.40. The highest BCUT2D eigenvalue weighted by Crippen LogP contribution is 2.47. The molecule has 2 atom stereocenters. The quantitative estimate of drug-likeness (QED) is 0.442. The molecule has 0 N–H and O–H groups in total. The summed E-state index contributed by atoms with van der Waals surface area (Å²) in [5.41, 5.74) is 2.41. The van der Waals surface area contributed by atoms with Gasteiger partial charge in [-0.1, -0.05) is 36.4 Å². The topological polar surface area (TPSA) is 20.3 Å². The third kappa shape index (κ3) is 0.795. The minimum Gasteiger partial charge on any atom is -0.331 e. The van der Waals surface area contributed by atoms with Crippen molar-refractivity contribution in [3.05, 3.63) is 47.5 Å². The van der Waals surface area contributed by atoms with Crippen molar-refractivity contribution < 1.29 is 4.79 Å². The molecular weight excluding hydrogens is 173 g/mol. The molecule has 1 aromatic carbocycles. The Balaban J connectivity index is 2.15. The summed E-state index contributed by atoms with van der Waals surface area (Å²) in [6.45, 7) is 0. The second kappa shape index (κ2) is 2.50. The fraction of sp³-hybridized carbons (Fsp3) is 0.182. The van der Waals surface area contributed by atoms with Crippen LogP contribution in [0.3, 0.4) is 0 Å². The van der Waals surface area contributed by atoms with Crippen LogP contribution in [0.5, 0.6) is 0 Å². The predicted molar refractivity (Wildman–Crippen MR) is 54.1 cm³/mol. The lowest BCUT2D eigenvalue weighted by molar-refractivity contribution is 0.212. The van der Waals surface area contributed by atoms with E-state index in [-0.39, 0.29) is 17.9 Å². The zero-order chi connectivity index (χ0) is 9.71. The van der Waals surface area contributed by atoms with Gasteiger partial charge in [0, 0.05) is 0 Å². The normalized spacial score (nSPS) is 26.7. The molecule has 2 heterocycles. The molecule has 1 amide bonds. The third-order valence-electron chi connectivity index (χ3n) is 2.96. The van der Waals surface area contributed by atoms with Gasteiger partial charge in [0.25, 0.3) is 0 Å². The lowest BCUT2D eigenvalue weighted by Crippen LogP contribution is -2.26. The van der Waals surface area contributed by atoms with E-state index in [1.165, 1.54) is 11.1 Å². The van der Waals surface area contributed by atoms with Gasteiger partial charge >= 0.3 is 0 Å². The van der Waals surface area contributed by atoms with E-state index in [0.717, 1.165) is 0 Å². The van der Waals surface area contributed by atoms with Crippen molar-refractivity contribution in [1.29, 1.82) is 0 Å². The highest BCUT2D eigenvalue weighted by molar-refractivity contribution is 6.57. The van der Waals surface area contributed by atoms with E-state index in [1.807, 2.05) is 24.3 Å². The Labute approximate surface area is 83.6 Å². The standard InChI is InChI=1S/C11H8BNO/c12-11(14)13-9-5-6-10(13)8-4-2-1-3-7(8)9/h1-6,9-10H. The first kappa shape index (κ1) is 7.86. The molecule has 14 heavy (non-hydrogen) atoms. The van der Waals surface area contributed by atoms with Crippen LogP contribution in [0.4, 0.5) is 4.79 Å². The van der Waals surface area contributed by atoms with Crippen molar-refractivity contribution in [2.24, 2.45) is 0 Å². The Bertz CT molecular complexity index is 408. The largest absolute Gasteiger partial charge is 0.331 e. The van der Waals surface area contributed by atoms with Crippen molar-refractivity contribution in [3.8, 4) is 0 Å². The van der Waals surface area contributed by atoms with Crippen LogP contribution in [-0.4, -0.2) is 18.6 Å². The summed E-state index contributed by atoms with van der Waals surface area (Å²) in [5, 5.41) is 0. The maximum atomic E-state index is 11.2. The molecule has 0 aliphatic carbocycles. The molecule has 66 valence electrons. The smallest absolute Gasteiger partial charge is 0.200 e. The number of rotatable bonds is 0. The van der Waals surface area contributed by atoms with Gasteiger partial charge in [0.05, 0.1) is 12.1 Å². The van der Waals surface area contributed by atoms with Gasteiger partial charge in [-0.2, -0.15) is 0 Å². The number of benzene rings is 1. The molecular formula is C11H8BNO. The van der Waals surface area contributed by atoms with Gasteiger partial charge in [0.15, 0.2) is 5.81 Å². The lowest BCUT2D eigenvalue weighted by Gasteiger charge is -2.21. The Morgan fingerprint density at radius 3 is 2.07 bits per heavy atom. The molecule has 1 aromatic rings. The SMILES string of the molecule is [B]C(=O)N1C2C=CC1c1ccccc12. The molecule has 0 spiro atoms. The number of hydrogen-bond donors (Lipinski definition) is 0. The third-order valence-corrected chi connectivity index (χ3v) is 2.96. The Hall–Kier alpha value is -1.51. The zero-order valence-corrected chi connectivity index (χ0v) is 7.55. The van der Waals surface area contributed by atoms with Gasteiger partial charge in [0.1, 0.15) is 0 Å². The summed E-state index contributed by atoms with van der Waals surface area (Å²) >= 11 is 0. The zero-order valence-electron chi connectivity index (χ0n) is 7.55. The number of carbonyl (C=O) groups excluding carboxylic acids is 1. The first-order valence-electron chi connectivity index (χ1n) is 4.64. The average molecular weight is 181 g/mol. The van der Waals surface area contributed by atoms with Crippen molar-refractivity contribution in [2.75, 3.05) is 0 Å². The van der Waals surface area contributed by atoms with Crippen LogP contribution >= 0.6 is 0 Å². The summed E-state index contributed by atoms with van der Waals surface area (Å²) in [6, 6.07) is 8.22. The second-order valence-electron chi connectivity index (χ2n) is 3.65. The number of nitrogens with zero attached hydrogens (tertiary/aromatic N) is 1. The summed E-state index contributed by atoms with van der Waals surface area (Å²) in [5.74, 6) is -0.346. The molecule has 2 aliphatic heterocycles. The van der Waals surface area contributed by atoms with Gasteiger partial charge in [-0.15, -0.1) is 0 Å². The summed E-state index contributed by atoms with van der Waals surface area (Å²) < 4.78 is 0. The van der Waals surface area contributed by atoms with Crippen LogP contribution < -0.4 is 0 Å². The van der Waals surface area contributed by atoms with Crippen molar-refractivity contribution in [1.82, 2.24) is 4.90 Å². The van der Waals surface area contributed by atoms with Crippen molar-refractivity contribution in [3.63, 3.8) is 0 Å². The van der Waals surface area contributed by atoms with Gasteiger partial charge < -0.3 is 4.90 Å². The second-order valence-corrected chi connectivity index (χ2v) is 3.65. The van der Waals surface area contributed by atoms with Crippen LogP contribution in [-0.2, 0) is 0 Å². The molecule has 0 fully saturated rings. The number of carbonyl (C=O) groups is 1. The maximum Gasteiger partial charge on any atom is 0.200 e. The summed E-state index contributed by atoms with van der Waals surface area (Å²) in [4.78, 5) is 13.0. The first-order chi connectivity index (χ1) is 6.79. The summed E-state index contributed by atoms with van der Waals surface area (Å²) in [7, 11) is 5.34. The fourth-order valence-electron chi connectivity index (χ4n) is 2.40. The van der Waals surface area contributed by atoms with Crippen molar-refractivity contribution >= 4 is 13.7 Å². The minimum absolute atomic E-state index is 0.0636. The van der Waals surface area contributed by atoms with Crippen LogP contribution in [0.25, 0.3) is 0 Å². The van der Waals surface area contributed by atoms with Crippen LogP contribution in [0.15, 0.2) is 36.4 Å². The molecule has 3 rings (SSSR count). The molecule has 2 radical (unpaired) electrons. The van der Waals surface area contributed by atoms with E-state index in [0.29, 0.717) is 0 Å². The van der Waals surface area contributed by atoms with E-state index >= 15 is 0 Å². The van der Waals surface area contributed by atoms with E-state index in [9.17, 15) is 4.79 Å². The molecule has 0 aromatic heterocycles. The van der Waals surface area contributed by atoms with Gasteiger partial charge in [-0.05, 0) is 11.1 Å². The molecule has 2 unspecified atom stereocenters. The number of hydrogen-bond acceptors (Lipinski definition) is 1. The van der Waals surface area contributed by atoms with Crippen LogP contribution in [0, 0.1) is 0 Å².